The molecule has 2 rings (SSSR count). The lowest BCUT2D eigenvalue weighted by atomic mass is 10.1. The zero-order valence-electron chi connectivity index (χ0n) is 11.2. The van der Waals surface area contributed by atoms with Crippen LogP contribution in [0.2, 0.25) is 0 Å². The molecule has 1 aromatic heterocycles. The molecule has 0 radical (unpaired) electrons. The predicted molar refractivity (Wildman–Crippen MR) is 80.1 cm³/mol. The summed E-state index contributed by atoms with van der Waals surface area (Å²) in [6, 6.07) is 5.99. The van der Waals surface area contributed by atoms with Gasteiger partial charge in [0.2, 0.25) is 5.13 Å². The molecule has 0 bridgehead atoms. The number of anilines is 1. The van der Waals surface area contributed by atoms with E-state index >= 15 is 0 Å². The molecule has 0 atom stereocenters. The second-order valence-electron chi connectivity index (χ2n) is 4.38. The molecule has 106 valence electrons. The highest BCUT2D eigenvalue weighted by atomic mass is 32.2. The summed E-state index contributed by atoms with van der Waals surface area (Å²) in [6.07, 6.45) is 0.312. The Hall–Kier alpha value is -1.47. The molecule has 20 heavy (non-hydrogen) atoms. The summed E-state index contributed by atoms with van der Waals surface area (Å²) in [4.78, 5) is 13.7. The minimum absolute atomic E-state index is 0.0863. The summed E-state index contributed by atoms with van der Waals surface area (Å²) in [6.45, 7) is 0. The summed E-state index contributed by atoms with van der Waals surface area (Å²) in [7, 11) is 3.79. The molecule has 0 aliphatic carbocycles. The van der Waals surface area contributed by atoms with E-state index in [2.05, 4.69) is 10.2 Å². The van der Waals surface area contributed by atoms with E-state index in [1.54, 1.807) is 12.1 Å². The number of thioether (sulfide) groups is 1. The van der Waals surface area contributed by atoms with Gasteiger partial charge in [0.1, 0.15) is 11.6 Å². The second kappa shape index (κ2) is 6.81. The summed E-state index contributed by atoms with van der Waals surface area (Å²) < 4.78 is 13.5. The van der Waals surface area contributed by atoms with Crippen LogP contribution in [0.4, 0.5) is 9.52 Å². The molecule has 0 fully saturated rings. The summed E-state index contributed by atoms with van der Waals surface area (Å²) in [5, 5.41) is 8.84. The molecule has 4 nitrogen and oxygen atoms in total. The van der Waals surface area contributed by atoms with Gasteiger partial charge in [0, 0.05) is 20.5 Å². The Kier molecular flexibility index (Phi) is 5.08. The smallest absolute Gasteiger partial charge is 0.208 e. The van der Waals surface area contributed by atoms with Crippen molar-refractivity contribution in [2.24, 2.45) is 0 Å². The van der Waals surface area contributed by atoms with Crippen molar-refractivity contribution in [3.8, 4) is 0 Å². The Morgan fingerprint density at radius 2 is 2.00 bits per heavy atom. The Morgan fingerprint density at radius 3 is 2.60 bits per heavy atom. The third kappa shape index (κ3) is 4.28. The molecule has 2 aromatic rings. The number of Topliss-reactive ketones (excluding diaryl/α,β-unsaturated/α-hetero) is 1. The molecule has 0 aliphatic heterocycles. The van der Waals surface area contributed by atoms with Gasteiger partial charge in [0.15, 0.2) is 4.34 Å². The highest BCUT2D eigenvalue weighted by molar-refractivity contribution is 8.01. The van der Waals surface area contributed by atoms with Crippen LogP contribution in [0.25, 0.3) is 0 Å². The van der Waals surface area contributed by atoms with E-state index in [1.165, 1.54) is 35.2 Å². The zero-order chi connectivity index (χ0) is 14.5. The summed E-state index contributed by atoms with van der Waals surface area (Å²) in [5.74, 6) is 0.142. The van der Waals surface area contributed by atoms with Gasteiger partial charge in [-0.3, -0.25) is 4.79 Å². The van der Waals surface area contributed by atoms with Gasteiger partial charge in [-0.05, 0) is 17.7 Å². The van der Waals surface area contributed by atoms with Crippen LogP contribution in [0.1, 0.15) is 5.56 Å². The predicted octanol–water partition coefficient (Wildman–Crippen LogP) is 2.65. The Bertz CT molecular complexity index is 584. The first-order valence-electron chi connectivity index (χ1n) is 5.94. The average Bonchev–Trinajstić information content (AvgIpc) is 2.88. The minimum atomic E-state index is -0.291. The first-order valence-corrected chi connectivity index (χ1v) is 7.74. The van der Waals surface area contributed by atoms with Gasteiger partial charge in [-0.15, -0.1) is 10.2 Å². The van der Waals surface area contributed by atoms with Gasteiger partial charge in [0.25, 0.3) is 0 Å². The topological polar surface area (TPSA) is 46.1 Å². The van der Waals surface area contributed by atoms with Crippen molar-refractivity contribution in [2.75, 3.05) is 24.7 Å². The highest BCUT2D eigenvalue weighted by Crippen LogP contribution is 2.26. The maximum atomic E-state index is 12.8. The SMILES string of the molecule is CN(C)c1nnc(SCC(=O)Cc2ccc(F)cc2)s1. The fraction of sp³-hybridized carbons (Fsp3) is 0.308. The van der Waals surface area contributed by atoms with E-state index in [9.17, 15) is 9.18 Å². The molecule has 1 aromatic carbocycles. The van der Waals surface area contributed by atoms with Crippen LogP contribution in [0, 0.1) is 5.82 Å². The van der Waals surface area contributed by atoms with Crippen LogP contribution >= 0.6 is 23.1 Å². The number of carbonyl (C=O) groups is 1. The molecule has 0 unspecified atom stereocenters. The first kappa shape index (κ1) is 14.9. The maximum Gasteiger partial charge on any atom is 0.208 e. The minimum Gasteiger partial charge on any atom is -0.353 e. The molecule has 0 saturated carbocycles. The van der Waals surface area contributed by atoms with Crippen LogP contribution in [0.3, 0.4) is 0 Å². The van der Waals surface area contributed by atoms with Crippen LogP contribution in [0.15, 0.2) is 28.6 Å². The fourth-order valence-electron chi connectivity index (χ4n) is 1.46. The Labute approximate surface area is 125 Å². The third-order valence-electron chi connectivity index (χ3n) is 2.45. The second-order valence-corrected chi connectivity index (χ2v) is 6.55. The third-order valence-corrected chi connectivity index (χ3v) is 4.73. The number of rotatable bonds is 6. The van der Waals surface area contributed by atoms with Crippen molar-refractivity contribution in [3.05, 3.63) is 35.6 Å². The van der Waals surface area contributed by atoms with Gasteiger partial charge < -0.3 is 4.90 Å². The van der Waals surface area contributed by atoms with Crippen molar-refractivity contribution in [1.29, 1.82) is 0 Å². The number of ketones is 1. The first-order chi connectivity index (χ1) is 9.54. The fourth-order valence-corrected chi connectivity index (χ4v) is 3.09. The van der Waals surface area contributed by atoms with Crippen molar-refractivity contribution in [1.82, 2.24) is 10.2 Å². The van der Waals surface area contributed by atoms with Gasteiger partial charge in [-0.2, -0.15) is 0 Å². The lowest BCUT2D eigenvalue weighted by molar-refractivity contribution is -0.116. The van der Waals surface area contributed by atoms with E-state index in [0.29, 0.717) is 12.2 Å². The molecule has 1 heterocycles. The molecule has 0 amide bonds. The van der Waals surface area contributed by atoms with Crippen LogP contribution in [0.5, 0.6) is 0 Å². The number of carbonyl (C=O) groups excluding carboxylic acids is 1. The van der Waals surface area contributed by atoms with E-state index in [4.69, 9.17) is 0 Å². The van der Waals surface area contributed by atoms with E-state index in [-0.39, 0.29) is 11.6 Å². The lowest BCUT2D eigenvalue weighted by Crippen LogP contribution is -2.07. The van der Waals surface area contributed by atoms with E-state index in [0.717, 1.165) is 15.0 Å². The molecule has 0 saturated heterocycles. The molecule has 7 heteroatoms. The van der Waals surface area contributed by atoms with Crippen molar-refractivity contribution in [3.63, 3.8) is 0 Å². The molecule has 0 aliphatic rings. The molecule has 0 N–H and O–H groups in total. The quantitative estimate of drug-likeness (QED) is 0.768. The Morgan fingerprint density at radius 1 is 1.30 bits per heavy atom. The van der Waals surface area contributed by atoms with Crippen molar-refractivity contribution >= 4 is 34.0 Å². The number of nitrogens with zero attached hydrogens (tertiary/aromatic N) is 3. The maximum absolute atomic E-state index is 12.8. The van der Waals surface area contributed by atoms with Crippen LogP contribution < -0.4 is 4.90 Å². The highest BCUT2D eigenvalue weighted by Gasteiger charge is 2.10. The molecular weight excluding hydrogens is 297 g/mol. The number of hydrogen-bond acceptors (Lipinski definition) is 6. The van der Waals surface area contributed by atoms with Gasteiger partial charge in [-0.25, -0.2) is 4.39 Å². The zero-order valence-corrected chi connectivity index (χ0v) is 12.8. The van der Waals surface area contributed by atoms with E-state index in [1.807, 2.05) is 19.0 Å². The largest absolute Gasteiger partial charge is 0.353 e. The van der Waals surface area contributed by atoms with Crippen molar-refractivity contribution in [2.45, 2.75) is 10.8 Å². The molecule has 0 spiro atoms. The standard InChI is InChI=1S/C13H14FN3OS2/c1-17(2)12-15-16-13(20-12)19-8-11(18)7-9-3-5-10(14)6-4-9/h3-6H,7-8H2,1-2H3. The van der Waals surface area contributed by atoms with Crippen LogP contribution in [-0.2, 0) is 11.2 Å². The molecular formula is C13H14FN3OS2. The van der Waals surface area contributed by atoms with Gasteiger partial charge >= 0.3 is 0 Å². The number of halogens is 1. The average molecular weight is 311 g/mol. The van der Waals surface area contributed by atoms with Gasteiger partial charge in [0.05, 0.1) is 5.75 Å². The van der Waals surface area contributed by atoms with E-state index < -0.39 is 0 Å². The number of aromatic nitrogens is 2. The lowest BCUT2D eigenvalue weighted by Gasteiger charge is -2.03. The monoisotopic (exact) mass is 311 g/mol. The normalized spacial score (nSPS) is 10.6. The summed E-state index contributed by atoms with van der Waals surface area (Å²) in [5.41, 5.74) is 0.822. The van der Waals surface area contributed by atoms with Gasteiger partial charge in [-0.1, -0.05) is 35.2 Å². The number of benzene rings is 1. The number of hydrogen-bond donors (Lipinski definition) is 0. The van der Waals surface area contributed by atoms with Crippen molar-refractivity contribution < 1.29 is 9.18 Å². The summed E-state index contributed by atoms with van der Waals surface area (Å²) >= 11 is 2.84. The Balaban J connectivity index is 1.84. The van der Waals surface area contributed by atoms with Crippen LogP contribution in [-0.4, -0.2) is 35.8 Å².